The van der Waals surface area contributed by atoms with E-state index in [2.05, 4.69) is 20.2 Å². The summed E-state index contributed by atoms with van der Waals surface area (Å²) >= 11 is 0. The van der Waals surface area contributed by atoms with Crippen molar-refractivity contribution in [1.29, 1.82) is 0 Å². The molecule has 2 aromatic rings. The number of rotatable bonds is 1. The number of halogens is 2. The van der Waals surface area contributed by atoms with Crippen molar-refractivity contribution in [2.75, 3.05) is 5.73 Å². The highest BCUT2D eigenvalue weighted by Gasteiger charge is 2.14. The first kappa shape index (κ1) is 7.84. The lowest BCUT2D eigenvalue weighted by Gasteiger charge is -1.88. The molecule has 0 saturated heterocycles. The fourth-order valence-corrected chi connectivity index (χ4v) is 0.994. The Morgan fingerprint density at radius 3 is 2.85 bits per heavy atom. The molecule has 0 spiro atoms. The highest BCUT2D eigenvalue weighted by Crippen LogP contribution is 2.20. The molecular weight excluding hydrogens is 180 g/mol. The van der Waals surface area contributed by atoms with Gasteiger partial charge < -0.3 is 10.7 Å². The fourth-order valence-electron chi connectivity index (χ4n) is 0.994. The first-order valence-corrected chi connectivity index (χ1v) is 3.43. The van der Waals surface area contributed by atoms with Crippen molar-refractivity contribution in [3.63, 3.8) is 0 Å². The summed E-state index contributed by atoms with van der Waals surface area (Å²) in [7, 11) is 0. The number of aromatic nitrogens is 4. The molecule has 0 unspecified atom stereocenters. The molecule has 2 rings (SSSR count). The summed E-state index contributed by atoms with van der Waals surface area (Å²) in [6.45, 7) is 0. The summed E-state index contributed by atoms with van der Waals surface area (Å²) in [6.07, 6.45) is -1.35. The monoisotopic (exact) mass is 185 g/mol. The number of imidazole rings is 1. The zero-order valence-electron chi connectivity index (χ0n) is 6.33. The normalized spacial score (nSPS) is 11.3. The van der Waals surface area contributed by atoms with Crippen LogP contribution in [0.1, 0.15) is 12.2 Å². The van der Waals surface area contributed by atoms with E-state index in [4.69, 9.17) is 5.73 Å². The molecule has 2 heterocycles. The number of hydrogen-bond donors (Lipinski definition) is 2. The van der Waals surface area contributed by atoms with Crippen LogP contribution in [-0.2, 0) is 0 Å². The van der Waals surface area contributed by atoms with Crippen molar-refractivity contribution in [3.05, 3.63) is 12.0 Å². The van der Waals surface area contributed by atoms with E-state index in [1.54, 1.807) is 0 Å². The van der Waals surface area contributed by atoms with Gasteiger partial charge in [-0.2, -0.15) is 5.10 Å². The Kier molecular flexibility index (Phi) is 1.57. The minimum Gasteiger partial charge on any atom is -0.380 e. The molecule has 0 fully saturated rings. The van der Waals surface area contributed by atoms with E-state index in [-0.39, 0.29) is 11.3 Å². The molecule has 0 aromatic carbocycles. The summed E-state index contributed by atoms with van der Waals surface area (Å²) in [5, 5.41) is 6.97. The maximum absolute atomic E-state index is 12.2. The zero-order valence-corrected chi connectivity index (χ0v) is 6.33. The molecule has 7 heteroatoms. The lowest BCUT2D eigenvalue weighted by Crippen LogP contribution is -1.93. The average Bonchev–Trinajstić information content (AvgIpc) is 2.49. The lowest BCUT2D eigenvalue weighted by atomic mass is 10.4. The molecule has 0 aliphatic carbocycles. The Hall–Kier alpha value is -1.79. The van der Waals surface area contributed by atoms with Gasteiger partial charge in [0.2, 0.25) is 0 Å². The number of nitrogen functional groups attached to an aromatic ring is 1. The maximum atomic E-state index is 12.2. The van der Waals surface area contributed by atoms with Crippen LogP contribution in [0.25, 0.3) is 11.0 Å². The summed E-state index contributed by atoms with van der Waals surface area (Å²) in [6, 6.07) is 0. The molecule has 0 aliphatic heterocycles. The summed E-state index contributed by atoms with van der Waals surface area (Å²) in [5.41, 5.74) is 5.96. The predicted octanol–water partition coefficient (Wildman–Crippen LogP) is 0.873. The third-order valence-corrected chi connectivity index (χ3v) is 1.55. The van der Waals surface area contributed by atoms with Gasteiger partial charge in [-0.3, -0.25) is 0 Å². The van der Waals surface area contributed by atoms with Crippen molar-refractivity contribution in [1.82, 2.24) is 20.2 Å². The van der Waals surface area contributed by atoms with Crippen LogP contribution in [0, 0.1) is 0 Å². The van der Waals surface area contributed by atoms with E-state index < -0.39 is 12.2 Å². The number of aromatic amines is 1. The molecule has 0 atom stereocenters. The van der Waals surface area contributed by atoms with E-state index in [1.807, 2.05) is 0 Å². The van der Waals surface area contributed by atoms with Crippen LogP contribution >= 0.6 is 0 Å². The van der Waals surface area contributed by atoms with Crippen molar-refractivity contribution >= 4 is 16.9 Å². The largest absolute Gasteiger partial charge is 0.380 e. The van der Waals surface area contributed by atoms with Crippen molar-refractivity contribution in [2.45, 2.75) is 6.43 Å². The van der Waals surface area contributed by atoms with E-state index in [0.717, 1.165) is 0 Å². The summed E-state index contributed by atoms with van der Waals surface area (Å²) < 4.78 is 24.3. The van der Waals surface area contributed by atoms with Gasteiger partial charge in [-0.05, 0) is 0 Å². The average molecular weight is 185 g/mol. The minimum atomic E-state index is -2.65. The van der Waals surface area contributed by atoms with Gasteiger partial charge in [-0.15, -0.1) is 5.10 Å². The number of nitrogens with one attached hydrogen (secondary N) is 1. The SMILES string of the molecule is Nc1nncc2[nH]c(C(F)F)nc12. The molecule has 0 amide bonds. The number of nitrogens with two attached hydrogens (primary N) is 1. The summed E-state index contributed by atoms with van der Waals surface area (Å²) in [5.74, 6) is -0.378. The lowest BCUT2D eigenvalue weighted by molar-refractivity contribution is 0.142. The standard InChI is InChI=1S/C6H5F2N5/c7-4(8)6-11-2-1-10-13-5(9)3(2)12-6/h1,4H,(H2,9,13)(H,11,12). The van der Waals surface area contributed by atoms with Crippen LogP contribution in [0.15, 0.2) is 6.20 Å². The zero-order chi connectivity index (χ0) is 9.42. The molecule has 0 saturated carbocycles. The quantitative estimate of drug-likeness (QED) is 0.690. The molecule has 0 radical (unpaired) electrons. The molecule has 2 aromatic heterocycles. The second-order valence-electron chi connectivity index (χ2n) is 2.41. The van der Waals surface area contributed by atoms with Gasteiger partial charge in [-0.1, -0.05) is 0 Å². The third-order valence-electron chi connectivity index (χ3n) is 1.55. The van der Waals surface area contributed by atoms with Gasteiger partial charge in [0, 0.05) is 0 Å². The van der Waals surface area contributed by atoms with Gasteiger partial charge in [0.15, 0.2) is 11.6 Å². The van der Waals surface area contributed by atoms with Crippen LogP contribution in [-0.4, -0.2) is 20.2 Å². The Balaban J connectivity index is 2.68. The van der Waals surface area contributed by atoms with Crippen LogP contribution in [0.4, 0.5) is 14.6 Å². The number of hydrogen-bond acceptors (Lipinski definition) is 4. The third kappa shape index (κ3) is 1.17. The van der Waals surface area contributed by atoms with Crippen molar-refractivity contribution in [2.24, 2.45) is 0 Å². The number of alkyl halides is 2. The van der Waals surface area contributed by atoms with Gasteiger partial charge >= 0.3 is 0 Å². The van der Waals surface area contributed by atoms with E-state index in [0.29, 0.717) is 5.52 Å². The van der Waals surface area contributed by atoms with Gasteiger partial charge in [-0.25, -0.2) is 13.8 Å². The van der Waals surface area contributed by atoms with Gasteiger partial charge in [0.05, 0.1) is 11.7 Å². The van der Waals surface area contributed by atoms with Crippen LogP contribution in [0.5, 0.6) is 0 Å². The van der Waals surface area contributed by atoms with E-state index >= 15 is 0 Å². The molecular formula is C6H5F2N5. The van der Waals surface area contributed by atoms with Crippen LogP contribution < -0.4 is 5.73 Å². The molecule has 0 aliphatic rings. The first-order valence-electron chi connectivity index (χ1n) is 3.43. The Labute approximate surface area is 71.0 Å². The van der Waals surface area contributed by atoms with Gasteiger partial charge in [0.1, 0.15) is 5.52 Å². The smallest absolute Gasteiger partial charge is 0.295 e. The van der Waals surface area contributed by atoms with Crippen molar-refractivity contribution in [3.8, 4) is 0 Å². The second kappa shape index (κ2) is 2.61. The number of fused-ring (bicyclic) bond motifs is 1. The fraction of sp³-hybridized carbons (Fsp3) is 0.167. The molecule has 13 heavy (non-hydrogen) atoms. The van der Waals surface area contributed by atoms with E-state index in [9.17, 15) is 8.78 Å². The Bertz CT molecular complexity index is 438. The predicted molar refractivity (Wildman–Crippen MR) is 41.1 cm³/mol. The van der Waals surface area contributed by atoms with Crippen LogP contribution in [0.2, 0.25) is 0 Å². The highest BCUT2D eigenvalue weighted by molar-refractivity contribution is 5.83. The topological polar surface area (TPSA) is 80.5 Å². The summed E-state index contributed by atoms with van der Waals surface area (Å²) in [4.78, 5) is 5.97. The van der Waals surface area contributed by atoms with Gasteiger partial charge in [0.25, 0.3) is 6.43 Å². The van der Waals surface area contributed by atoms with E-state index in [1.165, 1.54) is 6.20 Å². The first-order chi connectivity index (χ1) is 6.18. The molecule has 0 bridgehead atoms. The number of H-pyrrole nitrogens is 1. The molecule has 3 N–H and O–H groups in total. The molecule has 5 nitrogen and oxygen atoms in total. The number of anilines is 1. The van der Waals surface area contributed by atoms with Crippen molar-refractivity contribution < 1.29 is 8.78 Å². The second-order valence-corrected chi connectivity index (χ2v) is 2.41. The number of nitrogens with zero attached hydrogens (tertiary/aromatic N) is 3. The highest BCUT2D eigenvalue weighted by atomic mass is 19.3. The maximum Gasteiger partial charge on any atom is 0.295 e. The minimum absolute atomic E-state index is 0.0423. The van der Waals surface area contributed by atoms with Crippen LogP contribution in [0.3, 0.4) is 0 Å². The molecule has 68 valence electrons. The Morgan fingerprint density at radius 1 is 1.46 bits per heavy atom. The Morgan fingerprint density at radius 2 is 2.23 bits per heavy atom.